The maximum atomic E-state index is 14.3. The van der Waals surface area contributed by atoms with Gasteiger partial charge in [-0.1, -0.05) is 48.2 Å². The minimum atomic E-state index is -0.491. The second-order valence-electron chi connectivity index (χ2n) is 7.94. The van der Waals surface area contributed by atoms with E-state index < -0.39 is 5.82 Å². The number of carbonyl (C=O) groups is 1. The van der Waals surface area contributed by atoms with Gasteiger partial charge in [0, 0.05) is 23.5 Å². The number of halogens is 2. The third-order valence-corrected chi connectivity index (χ3v) is 6.08. The number of hydrogen-bond donors (Lipinski definition) is 0. The zero-order valence-electron chi connectivity index (χ0n) is 16.7. The first kappa shape index (κ1) is 19.8. The maximum absolute atomic E-state index is 14.3. The summed E-state index contributed by atoms with van der Waals surface area (Å²) in [6, 6.07) is 12.4. The molecule has 29 heavy (non-hydrogen) atoms. The Kier molecular flexibility index (Phi) is 5.55. The van der Waals surface area contributed by atoms with Gasteiger partial charge in [0.15, 0.2) is 0 Å². The lowest BCUT2D eigenvalue weighted by molar-refractivity contribution is 0.0659. The smallest absolute Gasteiger partial charge is 0.257 e. The van der Waals surface area contributed by atoms with Gasteiger partial charge < -0.3 is 4.90 Å². The van der Waals surface area contributed by atoms with E-state index in [0.717, 1.165) is 53.3 Å². The van der Waals surface area contributed by atoms with Crippen LogP contribution in [0.3, 0.4) is 0 Å². The number of rotatable bonds is 4. The molecule has 0 spiro atoms. The van der Waals surface area contributed by atoms with E-state index in [2.05, 4.69) is 17.1 Å². The molecule has 1 aliphatic rings. The van der Waals surface area contributed by atoms with Gasteiger partial charge in [-0.25, -0.2) is 9.37 Å². The summed E-state index contributed by atoms with van der Waals surface area (Å²) in [5.41, 5.74) is 4.00. The Balaban J connectivity index is 1.74. The van der Waals surface area contributed by atoms with Crippen LogP contribution < -0.4 is 0 Å². The quantitative estimate of drug-likeness (QED) is 0.477. The first-order valence-corrected chi connectivity index (χ1v) is 10.4. The van der Waals surface area contributed by atoms with Gasteiger partial charge in [0.2, 0.25) is 0 Å². The molecular weight excluding hydrogens is 387 g/mol. The predicted octanol–water partition coefficient (Wildman–Crippen LogP) is 6.23. The van der Waals surface area contributed by atoms with E-state index in [1.165, 1.54) is 6.07 Å². The molecule has 0 bridgehead atoms. The van der Waals surface area contributed by atoms with Crippen molar-refractivity contribution in [2.75, 3.05) is 0 Å². The minimum Gasteiger partial charge on any atom is -0.331 e. The standard InChI is InChI=1S/C24H24ClFN2O/c1-15-11-16(2)22-17(12-15)13-18(23(25)27-22)14-28(19-7-3-4-8-19)24(29)20-9-5-6-10-21(20)26/h5-6,9-13,19H,3-4,7-8,14H2,1-2H3. The van der Waals surface area contributed by atoms with Crippen molar-refractivity contribution in [3.63, 3.8) is 0 Å². The molecular formula is C24H24ClFN2O. The van der Waals surface area contributed by atoms with Crippen LogP contribution in [0.2, 0.25) is 5.15 Å². The normalized spacial score (nSPS) is 14.5. The molecule has 0 radical (unpaired) electrons. The highest BCUT2D eigenvalue weighted by atomic mass is 35.5. The van der Waals surface area contributed by atoms with Crippen LogP contribution in [-0.4, -0.2) is 21.8 Å². The zero-order chi connectivity index (χ0) is 20.5. The molecule has 0 aliphatic heterocycles. The maximum Gasteiger partial charge on any atom is 0.257 e. The Hall–Kier alpha value is -2.46. The molecule has 150 valence electrons. The number of aromatic nitrogens is 1. The van der Waals surface area contributed by atoms with Gasteiger partial charge in [0.05, 0.1) is 11.1 Å². The highest BCUT2D eigenvalue weighted by molar-refractivity contribution is 6.30. The van der Waals surface area contributed by atoms with E-state index in [-0.39, 0.29) is 17.5 Å². The Bertz CT molecular complexity index is 1080. The lowest BCUT2D eigenvalue weighted by Crippen LogP contribution is -2.38. The van der Waals surface area contributed by atoms with Crippen molar-refractivity contribution in [3.8, 4) is 0 Å². The molecule has 1 aliphatic carbocycles. The van der Waals surface area contributed by atoms with Crippen molar-refractivity contribution in [3.05, 3.63) is 75.7 Å². The van der Waals surface area contributed by atoms with Crippen LogP contribution in [-0.2, 0) is 6.54 Å². The van der Waals surface area contributed by atoms with Crippen LogP contribution in [0.15, 0.2) is 42.5 Å². The topological polar surface area (TPSA) is 33.2 Å². The van der Waals surface area contributed by atoms with Crippen LogP contribution in [0, 0.1) is 19.7 Å². The number of aryl methyl sites for hydroxylation is 2. The molecule has 3 aromatic rings. The molecule has 1 amide bonds. The summed E-state index contributed by atoms with van der Waals surface area (Å²) in [7, 11) is 0. The predicted molar refractivity (Wildman–Crippen MR) is 115 cm³/mol. The van der Waals surface area contributed by atoms with Gasteiger partial charge in [-0.3, -0.25) is 4.79 Å². The van der Waals surface area contributed by atoms with E-state index in [0.29, 0.717) is 11.7 Å². The molecule has 0 N–H and O–H groups in total. The first-order valence-electron chi connectivity index (χ1n) is 10.1. The molecule has 4 rings (SSSR count). The van der Waals surface area contributed by atoms with Gasteiger partial charge in [-0.15, -0.1) is 0 Å². The number of fused-ring (bicyclic) bond motifs is 1. The van der Waals surface area contributed by atoms with Crippen LogP contribution in [0.1, 0.15) is 52.7 Å². The molecule has 3 nitrogen and oxygen atoms in total. The largest absolute Gasteiger partial charge is 0.331 e. The van der Waals surface area contributed by atoms with Crippen molar-refractivity contribution in [2.45, 2.75) is 52.1 Å². The lowest BCUT2D eigenvalue weighted by atomic mass is 10.0. The summed E-state index contributed by atoms with van der Waals surface area (Å²) in [5, 5.41) is 1.40. The van der Waals surface area contributed by atoms with Crippen molar-refractivity contribution in [2.24, 2.45) is 0 Å². The third kappa shape index (κ3) is 3.99. The van der Waals surface area contributed by atoms with Crippen LogP contribution in [0.4, 0.5) is 4.39 Å². The van der Waals surface area contributed by atoms with Crippen LogP contribution in [0.25, 0.3) is 10.9 Å². The van der Waals surface area contributed by atoms with E-state index >= 15 is 0 Å². The molecule has 0 unspecified atom stereocenters. The molecule has 1 aromatic heterocycles. The molecule has 5 heteroatoms. The second-order valence-corrected chi connectivity index (χ2v) is 8.30. The van der Waals surface area contributed by atoms with Crippen molar-refractivity contribution >= 4 is 28.4 Å². The second kappa shape index (κ2) is 8.11. The van der Waals surface area contributed by atoms with E-state index in [4.69, 9.17) is 11.6 Å². The summed E-state index contributed by atoms with van der Waals surface area (Å²) in [5.74, 6) is -0.777. The van der Waals surface area contributed by atoms with Gasteiger partial charge >= 0.3 is 0 Å². The number of nitrogens with zero attached hydrogens (tertiary/aromatic N) is 2. The highest BCUT2D eigenvalue weighted by Gasteiger charge is 2.29. The van der Waals surface area contributed by atoms with E-state index in [9.17, 15) is 9.18 Å². The van der Waals surface area contributed by atoms with E-state index in [1.54, 1.807) is 23.1 Å². The zero-order valence-corrected chi connectivity index (χ0v) is 17.5. The van der Waals surface area contributed by atoms with Crippen molar-refractivity contribution < 1.29 is 9.18 Å². The van der Waals surface area contributed by atoms with Gasteiger partial charge in [-0.05, 0) is 56.5 Å². The molecule has 1 fully saturated rings. The summed E-state index contributed by atoms with van der Waals surface area (Å²) in [4.78, 5) is 19.6. The summed E-state index contributed by atoms with van der Waals surface area (Å²) in [6.07, 6.45) is 4.01. The number of pyridine rings is 1. The average molecular weight is 411 g/mol. The number of amides is 1. The summed E-state index contributed by atoms with van der Waals surface area (Å²) < 4.78 is 14.3. The molecule has 1 heterocycles. The van der Waals surface area contributed by atoms with Gasteiger partial charge in [-0.2, -0.15) is 0 Å². The number of hydrogen-bond acceptors (Lipinski definition) is 2. The lowest BCUT2D eigenvalue weighted by Gasteiger charge is -2.29. The van der Waals surface area contributed by atoms with Crippen LogP contribution >= 0.6 is 11.6 Å². The third-order valence-electron chi connectivity index (χ3n) is 5.75. The average Bonchev–Trinajstić information content (AvgIpc) is 3.21. The summed E-state index contributed by atoms with van der Waals surface area (Å²) in [6.45, 7) is 4.39. The monoisotopic (exact) mass is 410 g/mol. The Morgan fingerprint density at radius 3 is 2.62 bits per heavy atom. The fourth-order valence-electron chi connectivity index (χ4n) is 4.34. The highest BCUT2D eigenvalue weighted by Crippen LogP contribution is 2.30. The van der Waals surface area contributed by atoms with Gasteiger partial charge in [0.1, 0.15) is 11.0 Å². The molecule has 0 atom stereocenters. The Morgan fingerprint density at radius 1 is 1.17 bits per heavy atom. The number of carbonyl (C=O) groups excluding carboxylic acids is 1. The fourth-order valence-corrected chi connectivity index (χ4v) is 4.54. The SMILES string of the molecule is Cc1cc(C)c2nc(Cl)c(CN(C(=O)c3ccccc3F)C3CCCC3)cc2c1. The van der Waals surface area contributed by atoms with Gasteiger partial charge in [0.25, 0.3) is 5.91 Å². The minimum absolute atomic E-state index is 0.0908. The van der Waals surface area contributed by atoms with Crippen LogP contribution in [0.5, 0.6) is 0 Å². The first-order chi connectivity index (χ1) is 13.9. The molecule has 2 aromatic carbocycles. The summed E-state index contributed by atoms with van der Waals surface area (Å²) >= 11 is 6.52. The van der Waals surface area contributed by atoms with E-state index in [1.807, 2.05) is 19.9 Å². The van der Waals surface area contributed by atoms with Crippen molar-refractivity contribution in [1.29, 1.82) is 0 Å². The van der Waals surface area contributed by atoms with Crippen molar-refractivity contribution in [1.82, 2.24) is 9.88 Å². The Morgan fingerprint density at radius 2 is 1.90 bits per heavy atom. The fraction of sp³-hybridized carbons (Fsp3) is 0.333. The molecule has 1 saturated carbocycles. The number of benzene rings is 2. The Labute approximate surface area is 175 Å². The molecule has 0 saturated heterocycles.